The van der Waals surface area contributed by atoms with Gasteiger partial charge < -0.3 is 5.11 Å². The summed E-state index contributed by atoms with van der Waals surface area (Å²) in [5.74, 6) is 0.608. The van der Waals surface area contributed by atoms with Gasteiger partial charge in [0.05, 0.1) is 0 Å². The minimum Gasteiger partial charge on any atom is -0.479 e. The van der Waals surface area contributed by atoms with Crippen molar-refractivity contribution in [3.63, 3.8) is 0 Å². The Morgan fingerprint density at radius 1 is 1.29 bits per heavy atom. The number of aromatic nitrogens is 4. The first-order valence-electron chi connectivity index (χ1n) is 8.15. The summed E-state index contributed by atoms with van der Waals surface area (Å²) in [6, 6.07) is 0. The lowest BCUT2D eigenvalue weighted by Crippen LogP contribution is -2.42. The third-order valence-corrected chi connectivity index (χ3v) is 5.01. The van der Waals surface area contributed by atoms with E-state index >= 15 is 0 Å². The van der Waals surface area contributed by atoms with E-state index in [1.165, 1.54) is 32.1 Å². The molecule has 0 saturated heterocycles. The standard InChI is InChI=1S/C15H26N4O2/c1-3-15(4-2,14(20)21)19-13(16-17-18-19)11-10-12-8-6-5-7-9-12/h12H,3-11H2,1-2H3,(H,20,21). The number of carboxylic acid groups (broad SMARTS) is 1. The van der Waals surface area contributed by atoms with Gasteiger partial charge >= 0.3 is 5.97 Å². The van der Waals surface area contributed by atoms with E-state index < -0.39 is 11.5 Å². The Hall–Kier alpha value is -1.46. The van der Waals surface area contributed by atoms with Gasteiger partial charge in [0.25, 0.3) is 0 Å². The van der Waals surface area contributed by atoms with Crippen molar-refractivity contribution in [2.45, 2.75) is 77.2 Å². The van der Waals surface area contributed by atoms with Crippen molar-refractivity contribution in [2.24, 2.45) is 5.92 Å². The van der Waals surface area contributed by atoms with Crippen LogP contribution in [0.15, 0.2) is 0 Å². The predicted molar refractivity (Wildman–Crippen MR) is 78.9 cm³/mol. The largest absolute Gasteiger partial charge is 0.479 e. The molecule has 6 heteroatoms. The van der Waals surface area contributed by atoms with E-state index in [0.717, 1.165) is 18.8 Å². The van der Waals surface area contributed by atoms with Gasteiger partial charge in [0.2, 0.25) is 0 Å². The molecule has 0 aliphatic heterocycles. The molecule has 1 heterocycles. The van der Waals surface area contributed by atoms with Gasteiger partial charge in [-0.3, -0.25) is 0 Å². The number of aliphatic carboxylic acids is 1. The van der Waals surface area contributed by atoms with E-state index in [4.69, 9.17) is 0 Å². The molecule has 1 aromatic rings. The third kappa shape index (κ3) is 3.24. The molecule has 0 unspecified atom stereocenters. The molecule has 2 rings (SSSR count). The summed E-state index contributed by atoms with van der Waals surface area (Å²) in [7, 11) is 0. The third-order valence-electron chi connectivity index (χ3n) is 5.01. The van der Waals surface area contributed by atoms with Crippen LogP contribution in [0.4, 0.5) is 0 Å². The van der Waals surface area contributed by atoms with E-state index in [2.05, 4.69) is 15.5 Å². The first-order valence-corrected chi connectivity index (χ1v) is 8.15. The van der Waals surface area contributed by atoms with Crippen molar-refractivity contribution < 1.29 is 9.90 Å². The summed E-state index contributed by atoms with van der Waals surface area (Å²) >= 11 is 0. The summed E-state index contributed by atoms with van der Waals surface area (Å²) in [4.78, 5) is 11.7. The quantitative estimate of drug-likeness (QED) is 0.836. The molecule has 1 N–H and O–H groups in total. The lowest BCUT2D eigenvalue weighted by Gasteiger charge is -2.28. The van der Waals surface area contributed by atoms with Gasteiger partial charge in [-0.2, -0.15) is 0 Å². The number of aryl methyl sites for hydroxylation is 1. The van der Waals surface area contributed by atoms with Crippen molar-refractivity contribution in [1.82, 2.24) is 20.2 Å². The molecule has 0 spiro atoms. The number of nitrogens with zero attached hydrogens (tertiary/aromatic N) is 4. The van der Waals surface area contributed by atoms with Crippen molar-refractivity contribution in [1.29, 1.82) is 0 Å². The maximum Gasteiger partial charge on any atom is 0.331 e. The summed E-state index contributed by atoms with van der Waals surface area (Å²) < 4.78 is 1.55. The molecule has 1 saturated carbocycles. The number of carbonyl (C=O) groups is 1. The average Bonchev–Trinajstić information content (AvgIpc) is 2.97. The van der Waals surface area contributed by atoms with Crippen LogP contribution in [0.3, 0.4) is 0 Å². The Kier molecular flexibility index (Phi) is 5.31. The van der Waals surface area contributed by atoms with Crippen LogP contribution in [0.1, 0.15) is 71.0 Å². The highest BCUT2D eigenvalue weighted by atomic mass is 16.4. The molecule has 0 radical (unpaired) electrons. The van der Waals surface area contributed by atoms with E-state index in [-0.39, 0.29) is 0 Å². The Balaban J connectivity index is 2.11. The van der Waals surface area contributed by atoms with Gasteiger partial charge in [-0.25, -0.2) is 9.48 Å². The Labute approximate surface area is 125 Å². The number of rotatable bonds is 7. The zero-order chi connectivity index (χ0) is 15.3. The minimum atomic E-state index is -1.01. The minimum absolute atomic E-state index is 0.486. The molecule has 0 bridgehead atoms. The summed E-state index contributed by atoms with van der Waals surface area (Å²) in [5, 5.41) is 21.4. The van der Waals surface area contributed by atoms with E-state index in [0.29, 0.717) is 18.7 Å². The second kappa shape index (κ2) is 7.00. The molecule has 0 atom stereocenters. The van der Waals surface area contributed by atoms with E-state index in [1.54, 1.807) is 4.68 Å². The van der Waals surface area contributed by atoms with Gasteiger partial charge in [-0.05, 0) is 35.6 Å². The molecule has 0 amide bonds. The SMILES string of the molecule is CCC(CC)(C(=O)O)n1nnnc1CCC1CCCCC1. The van der Waals surface area contributed by atoms with Crippen LogP contribution >= 0.6 is 0 Å². The molecule has 1 aliphatic rings. The monoisotopic (exact) mass is 294 g/mol. The fourth-order valence-corrected chi connectivity index (χ4v) is 3.45. The van der Waals surface area contributed by atoms with Crippen LogP contribution < -0.4 is 0 Å². The number of hydrogen-bond donors (Lipinski definition) is 1. The molecular weight excluding hydrogens is 268 g/mol. The topological polar surface area (TPSA) is 80.9 Å². The van der Waals surface area contributed by atoms with Crippen molar-refractivity contribution >= 4 is 5.97 Å². The first-order chi connectivity index (χ1) is 10.1. The fraction of sp³-hybridized carbons (Fsp3) is 0.867. The molecular formula is C15H26N4O2. The van der Waals surface area contributed by atoms with E-state index in [1.807, 2.05) is 13.8 Å². The van der Waals surface area contributed by atoms with Crippen LogP contribution in [-0.2, 0) is 16.8 Å². The highest BCUT2D eigenvalue weighted by Crippen LogP contribution is 2.29. The molecule has 21 heavy (non-hydrogen) atoms. The van der Waals surface area contributed by atoms with Crippen molar-refractivity contribution in [3.8, 4) is 0 Å². The van der Waals surface area contributed by atoms with Gasteiger partial charge in [0.15, 0.2) is 11.4 Å². The Morgan fingerprint density at radius 2 is 1.95 bits per heavy atom. The number of tetrazole rings is 1. The molecule has 1 aliphatic carbocycles. The van der Waals surface area contributed by atoms with Crippen molar-refractivity contribution in [2.75, 3.05) is 0 Å². The molecule has 1 fully saturated rings. The molecule has 118 valence electrons. The van der Waals surface area contributed by atoms with Gasteiger partial charge in [-0.1, -0.05) is 46.0 Å². The second-order valence-electron chi connectivity index (χ2n) is 6.09. The smallest absolute Gasteiger partial charge is 0.331 e. The zero-order valence-corrected chi connectivity index (χ0v) is 13.1. The summed E-state index contributed by atoms with van der Waals surface area (Å²) in [6.07, 6.45) is 9.36. The highest BCUT2D eigenvalue weighted by Gasteiger charge is 2.40. The highest BCUT2D eigenvalue weighted by molar-refractivity contribution is 5.76. The van der Waals surface area contributed by atoms with Crippen LogP contribution in [0.2, 0.25) is 0 Å². The van der Waals surface area contributed by atoms with Crippen LogP contribution in [0.5, 0.6) is 0 Å². The maximum absolute atomic E-state index is 11.7. The fourth-order valence-electron chi connectivity index (χ4n) is 3.45. The molecule has 1 aromatic heterocycles. The zero-order valence-electron chi connectivity index (χ0n) is 13.1. The summed E-state index contributed by atoms with van der Waals surface area (Å²) in [6.45, 7) is 3.76. The van der Waals surface area contributed by atoms with Gasteiger partial charge in [-0.15, -0.1) is 5.10 Å². The van der Waals surface area contributed by atoms with Crippen LogP contribution in [0, 0.1) is 5.92 Å². The van der Waals surface area contributed by atoms with Crippen LogP contribution in [-0.4, -0.2) is 31.3 Å². The van der Waals surface area contributed by atoms with Gasteiger partial charge in [0, 0.05) is 6.42 Å². The Bertz CT molecular complexity index is 462. The van der Waals surface area contributed by atoms with Crippen molar-refractivity contribution in [3.05, 3.63) is 5.82 Å². The summed E-state index contributed by atoms with van der Waals surface area (Å²) in [5.41, 5.74) is -1.01. The molecule has 0 aromatic carbocycles. The molecule has 6 nitrogen and oxygen atoms in total. The lowest BCUT2D eigenvalue weighted by molar-refractivity contribution is -0.148. The number of hydrogen-bond acceptors (Lipinski definition) is 4. The average molecular weight is 294 g/mol. The predicted octanol–water partition coefficient (Wildman–Crippen LogP) is 2.79. The van der Waals surface area contributed by atoms with E-state index in [9.17, 15) is 9.90 Å². The van der Waals surface area contributed by atoms with Gasteiger partial charge in [0.1, 0.15) is 0 Å². The Morgan fingerprint density at radius 3 is 2.52 bits per heavy atom. The lowest BCUT2D eigenvalue weighted by atomic mass is 9.86. The number of carboxylic acids is 1. The first kappa shape index (κ1) is 15.9. The second-order valence-corrected chi connectivity index (χ2v) is 6.09. The maximum atomic E-state index is 11.7. The van der Waals surface area contributed by atoms with Crippen LogP contribution in [0.25, 0.3) is 0 Å². The normalized spacial score (nSPS) is 17.0.